The highest BCUT2D eigenvalue weighted by Gasteiger charge is 2.46. The van der Waals surface area contributed by atoms with Crippen molar-refractivity contribution in [1.29, 1.82) is 5.26 Å². The van der Waals surface area contributed by atoms with Crippen molar-refractivity contribution < 1.29 is 0 Å². The molecule has 0 bridgehead atoms. The van der Waals surface area contributed by atoms with E-state index in [4.69, 9.17) is 16.0 Å². The van der Waals surface area contributed by atoms with Crippen LogP contribution in [0.15, 0.2) is 66.9 Å². The van der Waals surface area contributed by atoms with Crippen LogP contribution in [-0.4, -0.2) is 42.2 Å². The number of hydrogen-bond acceptors (Lipinski definition) is 6. The average Bonchev–Trinajstić information content (AvgIpc) is 2.92. The fourth-order valence-corrected chi connectivity index (χ4v) is 6.40. The van der Waals surface area contributed by atoms with Crippen LogP contribution in [0, 0.1) is 11.3 Å². The molecule has 2 saturated heterocycles. The molecule has 3 fully saturated rings. The summed E-state index contributed by atoms with van der Waals surface area (Å²) in [4.78, 5) is 10.0. The molecule has 3 aromatic rings. The van der Waals surface area contributed by atoms with Crippen LogP contribution in [0.5, 0.6) is 0 Å². The maximum absolute atomic E-state index is 9.16. The Labute approximate surface area is 207 Å². The van der Waals surface area contributed by atoms with Crippen LogP contribution in [0.1, 0.15) is 37.7 Å². The molecule has 2 unspecified atom stereocenters. The quantitative estimate of drug-likeness (QED) is 0.553. The van der Waals surface area contributed by atoms with Crippen molar-refractivity contribution in [2.24, 2.45) is 0 Å². The van der Waals surface area contributed by atoms with Gasteiger partial charge in [0, 0.05) is 60.4 Å². The lowest BCUT2D eigenvalue weighted by molar-refractivity contribution is 0.188. The summed E-state index contributed by atoms with van der Waals surface area (Å²) < 4.78 is 0. The van der Waals surface area contributed by atoms with Crippen LogP contribution in [-0.2, 0) is 0 Å². The van der Waals surface area contributed by atoms with Crippen molar-refractivity contribution in [2.75, 3.05) is 28.6 Å². The third-order valence-electron chi connectivity index (χ3n) is 8.09. The van der Waals surface area contributed by atoms with Crippen molar-refractivity contribution in [1.82, 2.24) is 10.3 Å². The molecule has 6 heteroatoms. The fraction of sp³-hybridized carbons (Fsp3) is 0.379. The van der Waals surface area contributed by atoms with Crippen LogP contribution in [0.3, 0.4) is 0 Å². The first-order valence-corrected chi connectivity index (χ1v) is 12.8. The van der Waals surface area contributed by atoms with Gasteiger partial charge in [-0.15, -0.1) is 0 Å². The Bertz CT molecular complexity index is 1230. The largest absolute Gasteiger partial charge is 0.398 e. The first-order chi connectivity index (χ1) is 17.2. The Kier molecular flexibility index (Phi) is 5.79. The van der Waals surface area contributed by atoms with E-state index in [0.29, 0.717) is 29.7 Å². The zero-order chi connectivity index (χ0) is 23.8. The van der Waals surface area contributed by atoms with Crippen molar-refractivity contribution in [3.05, 3.63) is 72.4 Å². The van der Waals surface area contributed by atoms with Crippen LogP contribution >= 0.6 is 0 Å². The Morgan fingerprint density at radius 3 is 2.57 bits per heavy atom. The first kappa shape index (κ1) is 21.9. The van der Waals surface area contributed by atoms with Crippen molar-refractivity contribution >= 4 is 17.2 Å². The topological polar surface area (TPSA) is 81.2 Å². The molecule has 2 aromatic carbocycles. The van der Waals surface area contributed by atoms with E-state index in [2.05, 4.69) is 51.5 Å². The monoisotopic (exact) mass is 464 g/mol. The number of aromatic nitrogens is 1. The number of anilines is 3. The third kappa shape index (κ3) is 4.11. The zero-order valence-corrected chi connectivity index (χ0v) is 20.0. The van der Waals surface area contributed by atoms with E-state index in [1.54, 1.807) is 0 Å². The van der Waals surface area contributed by atoms with E-state index >= 15 is 0 Å². The number of hydrogen-bond donors (Lipinski definition) is 2. The van der Waals surface area contributed by atoms with Gasteiger partial charge in [-0.05, 0) is 67.3 Å². The summed E-state index contributed by atoms with van der Waals surface area (Å²) in [6.45, 7) is 1.95. The van der Waals surface area contributed by atoms with Crippen LogP contribution in [0.4, 0.5) is 17.2 Å². The molecule has 1 saturated carbocycles. The molecule has 3 aliphatic rings. The number of piperidine rings is 1. The van der Waals surface area contributed by atoms with Gasteiger partial charge in [0.2, 0.25) is 0 Å². The van der Waals surface area contributed by atoms with E-state index in [9.17, 15) is 0 Å². The Morgan fingerprint density at radius 2 is 1.74 bits per heavy atom. The number of rotatable bonds is 3. The molecular weight excluding hydrogens is 432 g/mol. The maximum Gasteiger partial charge on any atom is 0.129 e. The molecule has 3 heterocycles. The molecule has 0 amide bonds. The van der Waals surface area contributed by atoms with E-state index in [-0.39, 0.29) is 0 Å². The van der Waals surface area contributed by atoms with Gasteiger partial charge in [-0.2, -0.15) is 5.26 Å². The number of para-hydroxylation sites is 1. The van der Waals surface area contributed by atoms with Gasteiger partial charge in [-0.1, -0.05) is 31.0 Å². The molecule has 35 heavy (non-hydrogen) atoms. The second-order valence-corrected chi connectivity index (χ2v) is 10.1. The maximum atomic E-state index is 9.16. The highest BCUT2D eigenvalue weighted by molar-refractivity contribution is 5.77. The number of nitrogens with zero attached hydrogens (tertiary/aromatic N) is 4. The molecule has 1 aromatic heterocycles. The highest BCUT2D eigenvalue weighted by atomic mass is 15.3. The van der Waals surface area contributed by atoms with Crippen LogP contribution < -0.4 is 20.9 Å². The van der Waals surface area contributed by atoms with E-state index in [1.807, 2.05) is 36.5 Å². The molecule has 4 atom stereocenters. The van der Waals surface area contributed by atoms with Gasteiger partial charge >= 0.3 is 0 Å². The summed E-state index contributed by atoms with van der Waals surface area (Å²) >= 11 is 0. The lowest BCUT2D eigenvalue weighted by Gasteiger charge is -2.56. The van der Waals surface area contributed by atoms with Gasteiger partial charge in [0.1, 0.15) is 5.82 Å². The normalized spacial score (nSPS) is 25.9. The summed E-state index contributed by atoms with van der Waals surface area (Å²) in [5.41, 5.74) is 11.2. The van der Waals surface area contributed by atoms with Crippen LogP contribution in [0.2, 0.25) is 0 Å². The zero-order valence-electron chi connectivity index (χ0n) is 20.0. The minimum absolute atomic E-state index is 0.367. The number of pyridine rings is 1. The smallest absolute Gasteiger partial charge is 0.129 e. The van der Waals surface area contributed by atoms with Gasteiger partial charge < -0.3 is 20.9 Å². The standard InChI is InChI=1S/C29H32N6/c30-18-20-9-11-22(12-10-20)34-16-14-28-26(19-34)33-25-7-3-4-8-27(25)35(28)29-17-21(13-15-32-29)23-5-1-2-6-24(23)31/h1-2,5-6,9-13,15,17,25-28,33H,3-4,7-8,14,16,19,31H2/t25-,26-,27?,28?/m1/s1. The summed E-state index contributed by atoms with van der Waals surface area (Å²) in [7, 11) is 0. The minimum atomic E-state index is 0.367. The first-order valence-electron chi connectivity index (χ1n) is 12.8. The highest BCUT2D eigenvalue weighted by Crippen LogP contribution is 2.38. The van der Waals surface area contributed by atoms with Crippen molar-refractivity contribution in [2.45, 2.75) is 56.3 Å². The molecule has 178 valence electrons. The molecular formula is C29H32N6. The summed E-state index contributed by atoms with van der Waals surface area (Å²) in [5.74, 6) is 1.07. The minimum Gasteiger partial charge on any atom is -0.398 e. The number of nitrogens with two attached hydrogens (primary N) is 1. The van der Waals surface area contributed by atoms with E-state index in [1.165, 1.54) is 31.4 Å². The van der Waals surface area contributed by atoms with Gasteiger partial charge in [-0.3, -0.25) is 0 Å². The second-order valence-electron chi connectivity index (χ2n) is 10.1. The number of fused-ring (bicyclic) bond motifs is 2. The molecule has 2 aliphatic heterocycles. The van der Waals surface area contributed by atoms with Crippen molar-refractivity contribution in [3.63, 3.8) is 0 Å². The predicted octanol–water partition coefficient (Wildman–Crippen LogP) is 4.57. The van der Waals surface area contributed by atoms with Crippen molar-refractivity contribution in [3.8, 4) is 17.2 Å². The Morgan fingerprint density at radius 1 is 0.943 bits per heavy atom. The molecule has 3 N–H and O–H groups in total. The van der Waals surface area contributed by atoms with Gasteiger partial charge in [-0.25, -0.2) is 4.98 Å². The lowest BCUT2D eigenvalue weighted by Crippen LogP contribution is -2.72. The van der Waals surface area contributed by atoms with Crippen LogP contribution in [0.25, 0.3) is 11.1 Å². The summed E-state index contributed by atoms with van der Waals surface area (Å²) in [6, 6.07) is 24.4. The fourth-order valence-electron chi connectivity index (χ4n) is 6.40. The summed E-state index contributed by atoms with van der Waals surface area (Å²) in [6.07, 6.45) is 8.00. The number of benzene rings is 2. The lowest BCUT2D eigenvalue weighted by atomic mass is 9.81. The Hall–Kier alpha value is -3.56. The molecule has 0 radical (unpaired) electrons. The second kappa shape index (κ2) is 9.24. The number of nitriles is 1. The molecule has 6 nitrogen and oxygen atoms in total. The van der Waals surface area contributed by atoms with E-state index in [0.717, 1.165) is 42.1 Å². The van der Waals surface area contributed by atoms with E-state index < -0.39 is 0 Å². The molecule has 1 aliphatic carbocycles. The average molecular weight is 465 g/mol. The Balaban J connectivity index is 1.32. The van der Waals surface area contributed by atoms with Gasteiger partial charge in [0.15, 0.2) is 0 Å². The van der Waals surface area contributed by atoms with Gasteiger partial charge in [0.25, 0.3) is 0 Å². The number of nitrogens with one attached hydrogen (secondary N) is 1. The molecule has 6 rings (SSSR count). The SMILES string of the molecule is N#Cc1ccc(N2CCC3[C@@H](C2)N[C@@H]2CCCCC2N3c2cc(-c3ccccc3N)ccn2)cc1. The molecule has 0 spiro atoms. The third-order valence-corrected chi connectivity index (χ3v) is 8.09. The predicted molar refractivity (Wildman–Crippen MR) is 141 cm³/mol. The number of nitrogen functional groups attached to an aromatic ring is 1. The van der Waals surface area contributed by atoms with Gasteiger partial charge in [0.05, 0.1) is 11.6 Å². The number of piperazine rings is 1. The summed E-state index contributed by atoms with van der Waals surface area (Å²) in [5, 5.41) is 13.2.